The van der Waals surface area contributed by atoms with E-state index in [4.69, 9.17) is 14.5 Å². The first kappa shape index (κ1) is 18.2. The molecule has 2 unspecified atom stereocenters. The molecule has 1 saturated carbocycles. The van der Waals surface area contributed by atoms with Crippen molar-refractivity contribution in [2.75, 3.05) is 6.61 Å². The van der Waals surface area contributed by atoms with E-state index in [0.717, 1.165) is 36.2 Å². The third-order valence-electron chi connectivity index (χ3n) is 6.47. The highest BCUT2D eigenvalue weighted by atomic mass is 16.5. The number of benzene rings is 1. The van der Waals surface area contributed by atoms with Crippen LogP contribution < -0.4 is 4.74 Å². The summed E-state index contributed by atoms with van der Waals surface area (Å²) < 4.78 is 13.8. The summed E-state index contributed by atoms with van der Waals surface area (Å²) in [5, 5.41) is 9.74. The van der Waals surface area contributed by atoms with E-state index in [1.165, 1.54) is 0 Å². The zero-order valence-electron chi connectivity index (χ0n) is 16.6. The summed E-state index contributed by atoms with van der Waals surface area (Å²) in [5.41, 5.74) is 3.70. The number of aromatic nitrogens is 2. The predicted octanol–water partition coefficient (Wildman–Crippen LogP) is 4.13. The Labute approximate surface area is 169 Å². The first-order chi connectivity index (χ1) is 13.9. The summed E-state index contributed by atoms with van der Waals surface area (Å²) in [6.45, 7) is 5.16. The molecule has 0 spiro atoms. The van der Waals surface area contributed by atoms with Crippen LogP contribution in [0.5, 0.6) is 5.75 Å². The number of rotatable bonds is 5. The minimum absolute atomic E-state index is 0.0571. The molecule has 3 heterocycles. The second-order valence-corrected chi connectivity index (χ2v) is 8.60. The summed E-state index contributed by atoms with van der Waals surface area (Å²) in [5.74, 6) is -0.678. The lowest BCUT2D eigenvalue weighted by Gasteiger charge is -2.25. The van der Waals surface area contributed by atoms with E-state index in [1.54, 1.807) is 12.3 Å². The Morgan fingerprint density at radius 2 is 2.10 bits per heavy atom. The van der Waals surface area contributed by atoms with Crippen LogP contribution in [-0.2, 0) is 16.8 Å². The molecule has 5 rings (SSSR count). The lowest BCUT2D eigenvalue weighted by molar-refractivity contribution is -0.00633. The van der Waals surface area contributed by atoms with Crippen LogP contribution in [0.4, 0.5) is 0 Å². The summed E-state index contributed by atoms with van der Waals surface area (Å²) in [6, 6.07) is 11.4. The van der Waals surface area contributed by atoms with Crippen molar-refractivity contribution < 1.29 is 19.4 Å². The number of hydrogen-bond acceptors (Lipinski definition) is 4. The van der Waals surface area contributed by atoms with E-state index in [2.05, 4.69) is 6.92 Å². The second kappa shape index (κ2) is 6.32. The Morgan fingerprint density at radius 1 is 1.31 bits per heavy atom. The number of aromatic carboxylic acids is 1. The number of carboxylic acids is 1. The summed E-state index contributed by atoms with van der Waals surface area (Å²) in [4.78, 5) is 16.8. The second-order valence-electron chi connectivity index (χ2n) is 8.60. The Kier molecular flexibility index (Phi) is 3.96. The molecule has 2 aromatic heterocycles. The quantitative estimate of drug-likeness (QED) is 0.707. The standard InChI is InChI=1S/C23H24N2O4/c1-15-20(23-9-8-22(2,13-23)29-14-23)24-19-10-18(17(21(26)27)11-25(15)19)28-12-16-6-4-3-5-7-16/h3-7,10-11H,8-9,12-14H2,1-2H3,(H,26,27). The maximum Gasteiger partial charge on any atom is 0.341 e. The lowest BCUT2D eigenvalue weighted by Crippen LogP contribution is -2.27. The molecule has 1 N–H and O–H groups in total. The van der Waals surface area contributed by atoms with Gasteiger partial charge in [0.1, 0.15) is 23.6 Å². The van der Waals surface area contributed by atoms with Crippen LogP contribution in [0, 0.1) is 6.92 Å². The Hall–Kier alpha value is -2.86. The molecule has 150 valence electrons. The van der Waals surface area contributed by atoms with Crippen molar-refractivity contribution in [1.82, 2.24) is 9.38 Å². The molecule has 2 atom stereocenters. The van der Waals surface area contributed by atoms with Gasteiger partial charge in [0.25, 0.3) is 0 Å². The summed E-state index contributed by atoms with van der Waals surface area (Å²) >= 11 is 0. The van der Waals surface area contributed by atoms with Crippen molar-refractivity contribution in [3.05, 3.63) is 65.1 Å². The van der Waals surface area contributed by atoms with E-state index >= 15 is 0 Å². The van der Waals surface area contributed by atoms with Gasteiger partial charge in [-0.15, -0.1) is 0 Å². The zero-order chi connectivity index (χ0) is 20.2. The zero-order valence-corrected chi connectivity index (χ0v) is 16.6. The normalized spacial score (nSPS) is 25.6. The lowest BCUT2D eigenvalue weighted by atomic mass is 9.83. The number of imidazole rings is 1. The predicted molar refractivity (Wildman–Crippen MR) is 108 cm³/mol. The molecule has 2 bridgehead atoms. The molecule has 1 aliphatic heterocycles. The van der Waals surface area contributed by atoms with E-state index in [1.807, 2.05) is 41.7 Å². The number of carbonyl (C=O) groups is 1. The van der Waals surface area contributed by atoms with Crippen LogP contribution in [0.15, 0.2) is 42.6 Å². The van der Waals surface area contributed by atoms with Gasteiger partial charge in [0.15, 0.2) is 0 Å². The highest BCUT2D eigenvalue weighted by molar-refractivity contribution is 5.91. The molecule has 2 aliphatic rings. The minimum atomic E-state index is -1.01. The van der Waals surface area contributed by atoms with Gasteiger partial charge in [-0.25, -0.2) is 9.78 Å². The van der Waals surface area contributed by atoms with Crippen molar-refractivity contribution in [3.63, 3.8) is 0 Å². The van der Waals surface area contributed by atoms with Crippen LogP contribution in [-0.4, -0.2) is 32.7 Å². The molecule has 3 aromatic rings. The molecular weight excluding hydrogens is 368 g/mol. The van der Waals surface area contributed by atoms with E-state index < -0.39 is 5.97 Å². The highest BCUT2D eigenvalue weighted by Gasteiger charge is 2.55. The number of hydrogen-bond donors (Lipinski definition) is 1. The number of nitrogens with zero attached hydrogens (tertiary/aromatic N) is 2. The summed E-state index contributed by atoms with van der Waals surface area (Å²) in [6.07, 6.45) is 4.68. The van der Waals surface area contributed by atoms with E-state index in [9.17, 15) is 9.90 Å². The average Bonchev–Trinajstić information content (AvgIpc) is 3.35. The van der Waals surface area contributed by atoms with Gasteiger partial charge in [-0.1, -0.05) is 30.3 Å². The molecule has 2 fully saturated rings. The first-order valence-electron chi connectivity index (χ1n) is 9.96. The van der Waals surface area contributed by atoms with Gasteiger partial charge in [0.2, 0.25) is 0 Å². The van der Waals surface area contributed by atoms with Gasteiger partial charge in [-0.3, -0.25) is 0 Å². The fourth-order valence-electron chi connectivity index (χ4n) is 4.93. The number of pyridine rings is 1. The molecular formula is C23H24N2O4. The average molecular weight is 392 g/mol. The van der Waals surface area contributed by atoms with Crippen LogP contribution in [0.1, 0.15) is 53.5 Å². The molecule has 29 heavy (non-hydrogen) atoms. The van der Waals surface area contributed by atoms with E-state index in [-0.39, 0.29) is 16.6 Å². The SMILES string of the molecule is Cc1c(C23CCC(C)(C2)OC3)nc2cc(OCc3ccccc3)c(C(=O)O)cn12. The monoisotopic (exact) mass is 392 g/mol. The van der Waals surface area contributed by atoms with Gasteiger partial charge in [0, 0.05) is 23.4 Å². The molecule has 1 aromatic carbocycles. The van der Waals surface area contributed by atoms with Crippen molar-refractivity contribution in [2.45, 2.75) is 50.7 Å². The van der Waals surface area contributed by atoms with Gasteiger partial charge >= 0.3 is 5.97 Å². The molecule has 0 radical (unpaired) electrons. The largest absolute Gasteiger partial charge is 0.488 e. The maximum atomic E-state index is 11.9. The van der Waals surface area contributed by atoms with Crippen LogP contribution >= 0.6 is 0 Å². The summed E-state index contributed by atoms with van der Waals surface area (Å²) in [7, 11) is 0. The van der Waals surface area contributed by atoms with Crippen LogP contribution in [0.2, 0.25) is 0 Å². The van der Waals surface area contributed by atoms with Crippen molar-refractivity contribution in [3.8, 4) is 5.75 Å². The number of aryl methyl sites for hydroxylation is 1. The van der Waals surface area contributed by atoms with Crippen molar-refractivity contribution in [2.24, 2.45) is 0 Å². The van der Waals surface area contributed by atoms with Crippen molar-refractivity contribution in [1.29, 1.82) is 0 Å². The van der Waals surface area contributed by atoms with Crippen molar-refractivity contribution >= 4 is 11.6 Å². The van der Waals surface area contributed by atoms with E-state index in [0.29, 0.717) is 24.6 Å². The molecule has 1 aliphatic carbocycles. The van der Waals surface area contributed by atoms with Crippen LogP contribution in [0.3, 0.4) is 0 Å². The fourth-order valence-corrected chi connectivity index (χ4v) is 4.93. The third kappa shape index (κ3) is 2.90. The maximum absolute atomic E-state index is 11.9. The third-order valence-corrected chi connectivity index (χ3v) is 6.47. The molecule has 0 amide bonds. The first-order valence-corrected chi connectivity index (χ1v) is 9.96. The van der Waals surface area contributed by atoms with Crippen LogP contribution in [0.25, 0.3) is 5.65 Å². The van der Waals surface area contributed by atoms with Gasteiger partial charge < -0.3 is 19.0 Å². The topological polar surface area (TPSA) is 73.1 Å². The smallest absolute Gasteiger partial charge is 0.341 e. The molecule has 1 saturated heterocycles. The Balaban J connectivity index is 1.55. The number of fused-ring (bicyclic) bond motifs is 3. The fraction of sp³-hybridized carbons (Fsp3) is 0.391. The highest BCUT2D eigenvalue weighted by Crippen LogP contribution is 2.54. The molecule has 6 nitrogen and oxygen atoms in total. The minimum Gasteiger partial charge on any atom is -0.488 e. The van der Waals surface area contributed by atoms with Gasteiger partial charge in [0.05, 0.1) is 17.9 Å². The number of ether oxygens (including phenoxy) is 2. The Bertz CT molecular complexity index is 1100. The van der Waals surface area contributed by atoms with Gasteiger partial charge in [-0.2, -0.15) is 0 Å². The number of carboxylic acid groups (broad SMARTS) is 1. The Morgan fingerprint density at radius 3 is 2.72 bits per heavy atom. The molecule has 6 heteroatoms. The van der Waals surface area contributed by atoms with Gasteiger partial charge in [-0.05, 0) is 38.7 Å².